The molecule has 0 bridgehead atoms. The van der Waals surface area contributed by atoms with Crippen LogP contribution < -0.4 is 4.90 Å². The third kappa shape index (κ3) is 3.69. The highest BCUT2D eigenvalue weighted by Crippen LogP contribution is 2.24. The highest BCUT2D eigenvalue weighted by atomic mass is 16.4. The molecule has 0 aliphatic heterocycles. The fourth-order valence-electron chi connectivity index (χ4n) is 1.80. The van der Waals surface area contributed by atoms with Crippen molar-refractivity contribution in [3.05, 3.63) is 23.4 Å². The molecule has 1 N–H and O–H groups in total. The van der Waals surface area contributed by atoms with E-state index in [2.05, 4.69) is 37.6 Å². The number of pyridine rings is 1. The maximum absolute atomic E-state index is 11.2. The topological polar surface area (TPSA) is 53.4 Å². The van der Waals surface area contributed by atoms with Crippen LogP contribution in [0.5, 0.6) is 0 Å². The van der Waals surface area contributed by atoms with Gasteiger partial charge in [0.05, 0.1) is 5.56 Å². The second-order valence-electron chi connectivity index (χ2n) is 5.49. The Morgan fingerprint density at radius 2 is 2.00 bits per heavy atom. The summed E-state index contributed by atoms with van der Waals surface area (Å²) in [5.74, 6) is -0.168. The minimum Gasteiger partial charge on any atom is -0.478 e. The molecule has 1 aromatic rings. The summed E-state index contributed by atoms with van der Waals surface area (Å²) < 4.78 is 0. The van der Waals surface area contributed by atoms with E-state index >= 15 is 0 Å². The zero-order valence-electron chi connectivity index (χ0n) is 12.5. The molecule has 1 rings (SSSR count). The molecule has 0 radical (unpaired) electrons. The van der Waals surface area contributed by atoms with E-state index in [-0.39, 0.29) is 5.54 Å². The number of hydrogen-bond donors (Lipinski definition) is 1. The number of carbonyl (C=O) groups is 1. The first-order valence-corrected chi connectivity index (χ1v) is 6.80. The largest absolute Gasteiger partial charge is 0.478 e. The van der Waals surface area contributed by atoms with Gasteiger partial charge in [0.25, 0.3) is 0 Å². The van der Waals surface area contributed by atoms with Gasteiger partial charge in [0.2, 0.25) is 0 Å². The summed E-state index contributed by atoms with van der Waals surface area (Å²) in [6.07, 6.45) is 2.72. The van der Waals surface area contributed by atoms with E-state index in [1.165, 1.54) is 0 Å². The van der Waals surface area contributed by atoms with Crippen molar-refractivity contribution in [3.63, 3.8) is 0 Å². The summed E-state index contributed by atoms with van der Waals surface area (Å²) in [7, 11) is 1.97. The van der Waals surface area contributed by atoms with Crippen molar-refractivity contribution in [2.45, 2.75) is 52.5 Å². The van der Waals surface area contributed by atoms with E-state index in [0.29, 0.717) is 5.56 Å². The van der Waals surface area contributed by atoms with Crippen LogP contribution >= 0.6 is 0 Å². The van der Waals surface area contributed by atoms with Crippen LogP contribution in [0.2, 0.25) is 0 Å². The number of hydrogen-bond acceptors (Lipinski definition) is 3. The maximum Gasteiger partial charge on any atom is 0.335 e. The summed E-state index contributed by atoms with van der Waals surface area (Å²) in [5, 5.41) is 9.20. The molecule has 0 saturated carbocycles. The standard InChI is InChI=1S/C15H24N2O2/c1-6-8-12-9-11(14(18)19)10-13(16-12)17(5)15(3,4)7-2/h9-10H,6-8H2,1-5H3,(H,18,19). The van der Waals surface area contributed by atoms with Gasteiger partial charge in [-0.25, -0.2) is 9.78 Å². The maximum atomic E-state index is 11.2. The molecule has 0 unspecified atom stereocenters. The molecule has 0 aromatic carbocycles. The van der Waals surface area contributed by atoms with E-state index < -0.39 is 5.97 Å². The fourth-order valence-corrected chi connectivity index (χ4v) is 1.80. The Balaban J connectivity index is 3.22. The summed E-state index contributed by atoms with van der Waals surface area (Å²) in [5.41, 5.74) is 1.11. The Kier molecular flexibility index (Phi) is 4.92. The van der Waals surface area contributed by atoms with Crippen LogP contribution in [0.3, 0.4) is 0 Å². The van der Waals surface area contributed by atoms with Crippen molar-refractivity contribution in [1.82, 2.24) is 4.98 Å². The highest BCUT2D eigenvalue weighted by Gasteiger charge is 2.23. The normalized spacial score (nSPS) is 11.4. The molecule has 0 aliphatic rings. The van der Waals surface area contributed by atoms with E-state index in [0.717, 1.165) is 30.8 Å². The molecule has 106 valence electrons. The predicted octanol–water partition coefficient (Wildman–Crippen LogP) is 3.36. The van der Waals surface area contributed by atoms with Crippen molar-refractivity contribution < 1.29 is 9.90 Å². The number of rotatable bonds is 6. The van der Waals surface area contributed by atoms with E-state index in [4.69, 9.17) is 0 Å². The number of nitrogens with zero attached hydrogens (tertiary/aromatic N) is 2. The van der Waals surface area contributed by atoms with Gasteiger partial charge in [-0.1, -0.05) is 20.3 Å². The molecule has 0 saturated heterocycles. The van der Waals surface area contributed by atoms with Crippen LogP contribution in [0.1, 0.15) is 56.6 Å². The minimum absolute atomic E-state index is 0.0480. The lowest BCUT2D eigenvalue weighted by molar-refractivity contribution is 0.0696. The zero-order valence-corrected chi connectivity index (χ0v) is 12.5. The molecular weight excluding hydrogens is 240 g/mol. The van der Waals surface area contributed by atoms with Crippen molar-refractivity contribution in [3.8, 4) is 0 Å². The molecule has 0 amide bonds. The number of aromatic nitrogens is 1. The Morgan fingerprint density at radius 3 is 2.47 bits per heavy atom. The van der Waals surface area contributed by atoms with Gasteiger partial charge in [0.1, 0.15) is 5.82 Å². The third-order valence-electron chi connectivity index (χ3n) is 3.73. The number of aryl methyl sites for hydroxylation is 1. The summed E-state index contributed by atoms with van der Waals surface area (Å²) in [6, 6.07) is 3.32. The van der Waals surface area contributed by atoms with Gasteiger partial charge in [-0.2, -0.15) is 0 Å². The molecular formula is C15H24N2O2. The zero-order chi connectivity index (χ0) is 14.6. The first kappa shape index (κ1) is 15.5. The molecule has 4 nitrogen and oxygen atoms in total. The molecule has 19 heavy (non-hydrogen) atoms. The SMILES string of the molecule is CCCc1cc(C(=O)O)cc(N(C)C(C)(C)CC)n1. The molecule has 0 atom stereocenters. The highest BCUT2D eigenvalue weighted by molar-refractivity contribution is 5.88. The van der Waals surface area contributed by atoms with Gasteiger partial charge >= 0.3 is 5.97 Å². The first-order chi connectivity index (χ1) is 8.81. The minimum atomic E-state index is -0.899. The molecule has 1 heterocycles. The summed E-state index contributed by atoms with van der Waals surface area (Å²) in [6.45, 7) is 8.43. The van der Waals surface area contributed by atoms with Gasteiger partial charge in [-0.05, 0) is 38.8 Å². The number of anilines is 1. The predicted molar refractivity (Wildman–Crippen MR) is 78.0 cm³/mol. The summed E-state index contributed by atoms with van der Waals surface area (Å²) >= 11 is 0. The molecule has 1 aromatic heterocycles. The van der Waals surface area contributed by atoms with E-state index in [1.807, 2.05) is 7.05 Å². The number of carboxylic acid groups (broad SMARTS) is 1. The molecule has 0 aliphatic carbocycles. The number of aromatic carboxylic acids is 1. The van der Waals surface area contributed by atoms with Crippen molar-refractivity contribution in [2.24, 2.45) is 0 Å². The van der Waals surface area contributed by atoms with Crippen molar-refractivity contribution >= 4 is 11.8 Å². The van der Waals surface area contributed by atoms with Gasteiger partial charge in [-0.3, -0.25) is 0 Å². The van der Waals surface area contributed by atoms with Gasteiger partial charge in [0.15, 0.2) is 0 Å². The van der Waals surface area contributed by atoms with E-state index in [9.17, 15) is 9.90 Å². The van der Waals surface area contributed by atoms with Crippen molar-refractivity contribution in [2.75, 3.05) is 11.9 Å². The first-order valence-electron chi connectivity index (χ1n) is 6.80. The van der Waals surface area contributed by atoms with Crippen LogP contribution in [0.15, 0.2) is 12.1 Å². The van der Waals surface area contributed by atoms with Gasteiger partial charge in [-0.15, -0.1) is 0 Å². The van der Waals surface area contributed by atoms with Crippen LogP contribution in [0.25, 0.3) is 0 Å². The Bertz CT molecular complexity index is 455. The molecule has 0 fully saturated rings. The van der Waals surface area contributed by atoms with Crippen molar-refractivity contribution in [1.29, 1.82) is 0 Å². The Morgan fingerprint density at radius 1 is 1.37 bits per heavy atom. The van der Waals surface area contributed by atoms with Gasteiger partial charge in [0, 0.05) is 18.3 Å². The Hall–Kier alpha value is -1.58. The van der Waals surface area contributed by atoms with Gasteiger partial charge < -0.3 is 10.0 Å². The van der Waals surface area contributed by atoms with Crippen LogP contribution in [0.4, 0.5) is 5.82 Å². The second kappa shape index (κ2) is 6.04. The summed E-state index contributed by atoms with van der Waals surface area (Å²) in [4.78, 5) is 17.8. The smallest absolute Gasteiger partial charge is 0.335 e. The monoisotopic (exact) mass is 264 g/mol. The average molecular weight is 264 g/mol. The molecule has 4 heteroatoms. The Labute approximate surface area is 115 Å². The van der Waals surface area contributed by atoms with Crippen LogP contribution in [-0.2, 0) is 6.42 Å². The lowest BCUT2D eigenvalue weighted by atomic mass is 9.99. The van der Waals surface area contributed by atoms with E-state index in [1.54, 1.807) is 12.1 Å². The average Bonchev–Trinajstić information content (AvgIpc) is 2.37. The van der Waals surface area contributed by atoms with Crippen LogP contribution in [0, 0.1) is 0 Å². The fraction of sp³-hybridized carbons (Fsp3) is 0.600. The number of carboxylic acids is 1. The quantitative estimate of drug-likeness (QED) is 0.856. The lowest BCUT2D eigenvalue weighted by Crippen LogP contribution is -2.41. The van der Waals surface area contributed by atoms with Crippen LogP contribution in [-0.4, -0.2) is 28.6 Å². The third-order valence-corrected chi connectivity index (χ3v) is 3.73. The second-order valence-corrected chi connectivity index (χ2v) is 5.49. The molecule has 0 spiro atoms. The lowest BCUT2D eigenvalue weighted by Gasteiger charge is -2.36.